The monoisotopic (exact) mass is 305 g/mol. The second-order valence-electron chi connectivity index (χ2n) is 5.63. The van der Waals surface area contributed by atoms with Gasteiger partial charge in [-0.15, -0.1) is 0 Å². The van der Waals surface area contributed by atoms with Crippen molar-refractivity contribution in [3.05, 3.63) is 48.0 Å². The number of rotatable bonds is 1. The molecule has 0 aliphatic carbocycles. The number of H-pyrrole nitrogens is 1. The first-order valence-corrected chi connectivity index (χ1v) is 8.32. The van der Waals surface area contributed by atoms with Crippen LogP contribution in [0.5, 0.6) is 0 Å². The number of hydrogen-bond acceptors (Lipinski definition) is 2. The highest BCUT2D eigenvalue weighted by atomic mass is 15.1. The fourth-order valence-electron chi connectivity index (χ4n) is 1.39. The molecule has 3 heteroatoms. The van der Waals surface area contributed by atoms with Crippen molar-refractivity contribution in [1.82, 2.24) is 15.2 Å². The van der Waals surface area contributed by atoms with Crippen LogP contribution in [0.4, 0.5) is 0 Å². The van der Waals surface area contributed by atoms with Crippen LogP contribution in [0, 0.1) is 0 Å². The van der Waals surface area contributed by atoms with E-state index in [-0.39, 0.29) is 5.41 Å². The number of aromatic amines is 1. The van der Waals surface area contributed by atoms with Gasteiger partial charge in [0.2, 0.25) is 0 Å². The summed E-state index contributed by atoms with van der Waals surface area (Å²) in [5.41, 5.74) is 2.55. The van der Waals surface area contributed by atoms with Crippen LogP contribution in [0.25, 0.3) is 0 Å². The number of nitrogens with zero attached hydrogens (tertiary/aromatic N) is 2. The van der Waals surface area contributed by atoms with E-state index < -0.39 is 0 Å². The highest BCUT2D eigenvalue weighted by molar-refractivity contribution is 5.09. The molecule has 0 bridgehead atoms. The number of nitrogens with one attached hydrogen (secondary N) is 1. The number of hydrogen-bond donors (Lipinski definition) is 1. The molecule has 0 saturated heterocycles. The zero-order chi connectivity index (χ0) is 17.6. The summed E-state index contributed by atoms with van der Waals surface area (Å²) in [5, 5.41) is 6.79. The molecule has 1 N–H and O–H groups in total. The van der Waals surface area contributed by atoms with Gasteiger partial charge in [0.25, 0.3) is 0 Å². The van der Waals surface area contributed by atoms with Crippen LogP contribution < -0.4 is 0 Å². The van der Waals surface area contributed by atoms with E-state index in [1.165, 1.54) is 5.69 Å². The average molecular weight is 306 g/mol. The first kappa shape index (κ1) is 22.6. The average Bonchev–Trinajstić information content (AvgIpc) is 3.07. The number of pyridine rings is 1. The van der Waals surface area contributed by atoms with Gasteiger partial charge in [0.1, 0.15) is 0 Å². The Hall–Kier alpha value is -1.64. The molecule has 0 radical (unpaired) electrons. The SMILES string of the molecule is CC.CC.CC(C)(C)c1ccn[nH]1.CC(C)c1ccccn1. The third-order valence-electron chi connectivity index (χ3n) is 2.59. The topological polar surface area (TPSA) is 41.6 Å². The molecule has 0 atom stereocenters. The third-order valence-corrected chi connectivity index (χ3v) is 2.59. The molecule has 0 saturated carbocycles. The smallest absolute Gasteiger partial charge is 0.0490 e. The quantitative estimate of drug-likeness (QED) is 0.705. The molecule has 2 aromatic heterocycles. The van der Waals surface area contributed by atoms with E-state index in [1.54, 1.807) is 6.20 Å². The first-order chi connectivity index (χ1) is 10.4. The summed E-state index contributed by atoms with van der Waals surface area (Å²) in [4.78, 5) is 4.18. The molecule has 0 unspecified atom stereocenters. The first-order valence-electron chi connectivity index (χ1n) is 8.32. The predicted octanol–water partition coefficient (Wildman–Crippen LogP) is 5.96. The van der Waals surface area contributed by atoms with Gasteiger partial charge in [-0.1, -0.05) is 68.4 Å². The highest BCUT2D eigenvalue weighted by Gasteiger charge is 2.13. The maximum absolute atomic E-state index is 4.18. The molecular weight excluding hydrogens is 270 g/mol. The van der Waals surface area contributed by atoms with Crippen molar-refractivity contribution >= 4 is 0 Å². The zero-order valence-electron chi connectivity index (χ0n) is 15.9. The maximum Gasteiger partial charge on any atom is 0.0490 e. The van der Waals surface area contributed by atoms with Crippen LogP contribution in [0.2, 0.25) is 0 Å². The largest absolute Gasteiger partial charge is 0.282 e. The summed E-state index contributed by atoms with van der Waals surface area (Å²) < 4.78 is 0. The van der Waals surface area contributed by atoms with Gasteiger partial charge in [-0.3, -0.25) is 10.1 Å². The fourth-order valence-corrected chi connectivity index (χ4v) is 1.39. The lowest BCUT2D eigenvalue weighted by Gasteiger charge is -2.14. The Morgan fingerprint density at radius 2 is 1.50 bits per heavy atom. The van der Waals surface area contributed by atoms with E-state index in [2.05, 4.69) is 49.8 Å². The van der Waals surface area contributed by atoms with Crippen LogP contribution in [0.15, 0.2) is 36.7 Å². The van der Waals surface area contributed by atoms with Crippen LogP contribution in [-0.2, 0) is 5.41 Å². The molecule has 22 heavy (non-hydrogen) atoms. The van der Waals surface area contributed by atoms with Crippen molar-refractivity contribution in [3.8, 4) is 0 Å². The van der Waals surface area contributed by atoms with Gasteiger partial charge in [0.15, 0.2) is 0 Å². The second kappa shape index (κ2) is 13.1. The van der Waals surface area contributed by atoms with Crippen molar-refractivity contribution in [2.75, 3.05) is 0 Å². The van der Waals surface area contributed by atoms with Gasteiger partial charge in [-0.2, -0.15) is 5.10 Å². The third kappa shape index (κ3) is 10.1. The van der Waals surface area contributed by atoms with E-state index >= 15 is 0 Å². The Bertz CT molecular complexity index is 425. The molecule has 0 spiro atoms. The lowest BCUT2D eigenvalue weighted by Crippen LogP contribution is -2.11. The van der Waals surface area contributed by atoms with Crippen LogP contribution in [0.3, 0.4) is 0 Å². The standard InChI is InChI=1S/C8H11N.C7H12N2.2C2H6/c1-7(2)8-5-3-4-6-9-8;1-7(2,3)6-4-5-8-9-6;2*1-2/h3-7H,1-2H3;4-5H,1-3H3,(H,8,9);2*1-2H3. The summed E-state index contributed by atoms with van der Waals surface area (Å²) in [6.45, 7) is 18.7. The lowest BCUT2D eigenvalue weighted by atomic mass is 9.93. The van der Waals surface area contributed by atoms with E-state index in [0.29, 0.717) is 5.92 Å². The zero-order valence-corrected chi connectivity index (χ0v) is 15.9. The summed E-state index contributed by atoms with van der Waals surface area (Å²) in [7, 11) is 0. The normalized spacial score (nSPS) is 9.55. The Morgan fingerprint density at radius 3 is 1.73 bits per heavy atom. The van der Waals surface area contributed by atoms with Gasteiger partial charge in [0, 0.05) is 29.2 Å². The van der Waals surface area contributed by atoms with Crippen LogP contribution >= 0.6 is 0 Å². The molecule has 126 valence electrons. The molecule has 3 nitrogen and oxygen atoms in total. The Morgan fingerprint density at radius 1 is 0.909 bits per heavy atom. The number of aromatic nitrogens is 3. The van der Waals surface area contributed by atoms with Gasteiger partial charge in [0.05, 0.1) is 0 Å². The lowest BCUT2D eigenvalue weighted by molar-refractivity contribution is 0.567. The van der Waals surface area contributed by atoms with Gasteiger partial charge in [-0.05, 0) is 24.1 Å². The molecule has 2 heterocycles. The summed E-state index contributed by atoms with van der Waals surface area (Å²) in [6, 6.07) is 8.00. The van der Waals surface area contributed by atoms with Crippen molar-refractivity contribution in [2.24, 2.45) is 0 Å². The van der Waals surface area contributed by atoms with Crippen molar-refractivity contribution in [3.63, 3.8) is 0 Å². The van der Waals surface area contributed by atoms with E-state index in [4.69, 9.17) is 0 Å². The van der Waals surface area contributed by atoms with Crippen molar-refractivity contribution in [2.45, 2.75) is 73.6 Å². The minimum absolute atomic E-state index is 0.205. The van der Waals surface area contributed by atoms with E-state index in [9.17, 15) is 0 Å². The Labute approximate surface area is 137 Å². The van der Waals surface area contributed by atoms with E-state index in [0.717, 1.165) is 5.69 Å². The minimum Gasteiger partial charge on any atom is -0.282 e. The summed E-state index contributed by atoms with van der Waals surface area (Å²) >= 11 is 0. The van der Waals surface area contributed by atoms with Gasteiger partial charge in [-0.25, -0.2) is 0 Å². The van der Waals surface area contributed by atoms with Crippen molar-refractivity contribution in [1.29, 1.82) is 0 Å². The molecule has 0 fully saturated rings. The van der Waals surface area contributed by atoms with Gasteiger partial charge >= 0.3 is 0 Å². The Kier molecular flexibility index (Phi) is 13.4. The molecule has 2 aromatic rings. The maximum atomic E-state index is 4.18. The molecule has 0 aliphatic heterocycles. The van der Waals surface area contributed by atoms with Crippen LogP contribution in [0.1, 0.15) is 79.6 Å². The molecular formula is C19H35N3. The molecule has 0 amide bonds. The van der Waals surface area contributed by atoms with Crippen LogP contribution in [-0.4, -0.2) is 15.2 Å². The summed E-state index contributed by atoms with van der Waals surface area (Å²) in [6.07, 6.45) is 3.61. The van der Waals surface area contributed by atoms with Gasteiger partial charge < -0.3 is 0 Å². The summed E-state index contributed by atoms with van der Waals surface area (Å²) in [5.74, 6) is 0.547. The highest BCUT2D eigenvalue weighted by Crippen LogP contribution is 2.18. The molecule has 0 aliphatic rings. The second-order valence-corrected chi connectivity index (χ2v) is 5.63. The minimum atomic E-state index is 0.205. The fraction of sp³-hybridized carbons (Fsp3) is 0.579. The predicted molar refractivity (Wildman–Crippen MR) is 98.3 cm³/mol. The molecule has 2 rings (SSSR count). The molecule has 0 aromatic carbocycles. The Balaban J connectivity index is 0. The van der Waals surface area contributed by atoms with E-state index in [1.807, 2.05) is 58.2 Å². The van der Waals surface area contributed by atoms with Crippen molar-refractivity contribution < 1.29 is 0 Å².